The standard InChI is InChI=1S/C20H22N4O3/c1-23-18-4-2-13(6-14(18)3-5-19(23)25)15-7-16(9-21-8-15)22-17-10-24(11-17)12-20(26)27/h2,4,6-9,17,22H,3,5,10-12H2,1H3,(H,26,27). The molecule has 7 nitrogen and oxygen atoms in total. The molecule has 1 aromatic carbocycles. The SMILES string of the molecule is CN1C(=O)CCc2cc(-c3cncc(NC4CN(CC(=O)O)C4)c3)ccc21. The van der Waals surface area contributed by atoms with Crippen LogP contribution in [-0.4, -0.2) is 59.6 Å². The molecule has 0 atom stereocenters. The smallest absolute Gasteiger partial charge is 0.317 e. The van der Waals surface area contributed by atoms with E-state index in [2.05, 4.69) is 22.4 Å². The highest BCUT2D eigenvalue weighted by atomic mass is 16.4. The third-order valence-corrected chi connectivity index (χ3v) is 5.18. The first-order valence-corrected chi connectivity index (χ1v) is 9.05. The first-order valence-electron chi connectivity index (χ1n) is 9.05. The number of nitrogens with zero attached hydrogens (tertiary/aromatic N) is 3. The van der Waals surface area contributed by atoms with Crippen LogP contribution in [0.4, 0.5) is 11.4 Å². The van der Waals surface area contributed by atoms with Crippen LogP contribution in [0.2, 0.25) is 0 Å². The molecule has 4 rings (SSSR count). The van der Waals surface area contributed by atoms with Crippen molar-refractivity contribution in [3.8, 4) is 11.1 Å². The summed E-state index contributed by atoms with van der Waals surface area (Å²) in [5.41, 5.74) is 5.18. The number of benzene rings is 1. The van der Waals surface area contributed by atoms with Crippen LogP contribution in [0.3, 0.4) is 0 Å². The van der Waals surface area contributed by atoms with E-state index in [-0.39, 0.29) is 18.5 Å². The number of nitrogens with one attached hydrogen (secondary N) is 1. The lowest BCUT2D eigenvalue weighted by Crippen LogP contribution is -2.56. The van der Waals surface area contributed by atoms with Crippen LogP contribution in [-0.2, 0) is 16.0 Å². The number of carbonyl (C=O) groups excluding carboxylic acids is 1. The Balaban J connectivity index is 1.47. The molecule has 1 aromatic heterocycles. The Labute approximate surface area is 157 Å². The number of fused-ring (bicyclic) bond motifs is 1. The summed E-state index contributed by atoms with van der Waals surface area (Å²) in [4.78, 5) is 30.5. The molecule has 2 aromatic rings. The van der Waals surface area contributed by atoms with Crippen LogP contribution in [0.25, 0.3) is 11.1 Å². The van der Waals surface area contributed by atoms with Crippen molar-refractivity contribution in [3.63, 3.8) is 0 Å². The second-order valence-electron chi connectivity index (χ2n) is 7.19. The van der Waals surface area contributed by atoms with Gasteiger partial charge in [-0.1, -0.05) is 6.07 Å². The van der Waals surface area contributed by atoms with Crippen LogP contribution in [0, 0.1) is 0 Å². The van der Waals surface area contributed by atoms with E-state index in [0.717, 1.165) is 42.0 Å². The van der Waals surface area contributed by atoms with Crippen molar-refractivity contribution >= 4 is 23.3 Å². The van der Waals surface area contributed by atoms with Crippen LogP contribution in [0.15, 0.2) is 36.7 Å². The van der Waals surface area contributed by atoms with Gasteiger partial charge in [-0.2, -0.15) is 0 Å². The zero-order chi connectivity index (χ0) is 19.0. The van der Waals surface area contributed by atoms with E-state index in [1.54, 1.807) is 11.1 Å². The van der Waals surface area contributed by atoms with Crippen molar-refractivity contribution < 1.29 is 14.7 Å². The second kappa shape index (κ2) is 7.00. The van der Waals surface area contributed by atoms with Crippen molar-refractivity contribution in [2.24, 2.45) is 0 Å². The largest absolute Gasteiger partial charge is 0.480 e. The Hall–Kier alpha value is -2.93. The van der Waals surface area contributed by atoms with Gasteiger partial charge in [0, 0.05) is 50.2 Å². The number of carbonyl (C=O) groups is 2. The van der Waals surface area contributed by atoms with Gasteiger partial charge in [0.25, 0.3) is 0 Å². The molecule has 0 bridgehead atoms. The molecular formula is C20H22N4O3. The molecule has 0 spiro atoms. The minimum atomic E-state index is -0.795. The number of rotatable bonds is 5. The maximum absolute atomic E-state index is 11.8. The molecule has 7 heteroatoms. The van der Waals surface area contributed by atoms with E-state index in [1.807, 2.05) is 30.3 Å². The summed E-state index contributed by atoms with van der Waals surface area (Å²) in [6.45, 7) is 1.52. The number of aliphatic carboxylic acids is 1. The maximum Gasteiger partial charge on any atom is 0.317 e. The normalized spacial score (nSPS) is 17.4. The minimum Gasteiger partial charge on any atom is -0.480 e. The fourth-order valence-corrected chi connectivity index (χ4v) is 3.73. The molecule has 27 heavy (non-hydrogen) atoms. The monoisotopic (exact) mass is 366 g/mol. The number of hydrogen-bond acceptors (Lipinski definition) is 5. The van der Waals surface area contributed by atoms with Crippen molar-refractivity contribution in [3.05, 3.63) is 42.2 Å². The van der Waals surface area contributed by atoms with Gasteiger partial charge in [0.05, 0.1) is 18.3 Å². The Morgan fingerprint density at radius 2 is 2.04 bits per heavy atom. The number of likely N-dealkylation sites (tertiary alicyclic amines) is 1. The fraction of sp³-hybridized carbons (Fsp3) is 0.350. The van der Waals surface area contributed by atoms with Crippen molar-refractivity contribution in [1.82, 2.24) is 9.88 Å². The van der Waals surface area contributed by atoms with Crippen LogP contribution in [0.1, 0.15) is 12.0 Å². The average Bonchev–Trinajstić information content (AvgIpc) is 2.63. The summed E-state index contributed by atoms with van der Waals surface area (Å²) in [6.07, 6.45) is 4.93. The van der Waals surface area contributed by atoms with Crippen LogP contribution in [0.5, 0.6) is 0 Å². The van der Waals surface area contributed by atoms with Gasteiger partial charge in [0.1, 0.15) is 0 Å². The predicted molar refractivity (Wildman–Crippen MR) is 103 cm³/mol. The topological polar surface area (TPSA) is 85.8 Å². The zero-order valence-electron chi connectivity index (χ0n) is 15.2. The van der Waals surface area contributed by atoms with E-state index in [0.29, 0.717) is 6.42 Å². The van der Waals surface area contributed by atoms with Crippen LogP contribution < -0.4 is 10.2 Å². The molecule has 0 saturated carbocycles. The number of carboxylic acids is 1. The zero-order valence-corrected chi connectivity index (χ0v) is 15.2. The molecule has 3 heterocycles. The fourth-order valence-electron chi connectivity index (χ4n) is 3.73. The quantitative estimate of drug-likeness (QED) is 0.840. The summed E-state index contributed by atoms with van der Waals surface area (Å²) in [7, 11) is 1.82. The van der Waals surface area contributed by atoms with Gasteiger partial charge in [0.15, 0.2) is 0 Å². The van der Waals surface area contributed by atoms with Gasteiger partial charge >= 0.3 is 5.97 Å². The highest BCUT2D eigenvalue weighted by Crippen LogP contribution is 2.32. The molecule has 0 radical (unpaired) electrons. The molecule has 1 amide bonds. The van der Waals surface area contributed by atoms with Crippen molar-refractivity contribution in [1.29, 1.82) is 0 Å². The van der Waals surface area contributed by atoms with Crippen molar-refractivity contribution in [2.45, 2.75) is 18.9 Å². The molecular weight excluding hydrogens is 344 g/mol. The number of carboxylic acid groups (broad SMARTS) is 1. The van der Waals surface area contributed by atoms with E-state index in [4.69, 9.17) is 5.11 Å². The number of aryl methyl sites for hydroxylation is 1. The first-order chi connectivity index (χ1) is 13.0. The van der Waals surface area contributed by atoms with Gasteiger partial charge in [-0.3, -0.25) is 19.5 Å². The van der Waals surface area contributed by atoms with E-state index in [1.165, 1.54) is 5.56 Å². The van der Waals surface area contributed by atoms with Gasteiger partial charge < -0.3 is 15.3 Å². The highest BCUT2D eigenvalue weighted by Gasteiger charge is 2.28. The molecule has 1 fully saturated rings. The summed E-state index contributed by atoms with van der Waals surface area (Å²) in [6, 6.07) is 8.46. The highest BCUT2D eigenvalue weighted by molar-refractivity contribution is 5.96. The second-order valence-corrected chi connectivity index (χ2v) is 7.19. The Bertz CT molecular complexity index is 893. The summed E-state index contributed by atoms with van der Waals surface area (Å²) in [5, 5.41) is 12.2. The third-order valence-electron chi connectivity index (χ3n) is 5.18. The summed E-state index contributed by atoms with van der Waals surface area (Å²) >= 11 is 0. The van der Waals surface area contributed by atoms with Crippen LogP contribution >= 0.6 is 0 Å². The molecule has 2 aliphatic rings. The lowest BCUT2D eigenvalue weighted by molar-refractivity contribution is -0.139. The number of anilines is 2. The summed E-state index contributed by atoms with van der Waals surface area (Å²) < 4.78 is 0. The third kappa shape index (κ3) is 3.64. The molecule has 0 aliphatic carbocycles. The minimum absolute atomic E-state index is 0.0859. The van der Waals surface area contributed by atoms with E-state index >= 15 is 0 Å². The van der Waals surface area contributed by atoms with Gasteiger partial charge in [0.2, 0.25) is 5.91 Å². The average molecular weight is 366 g/mol. The molecule has 1 saturated heterocycles. The summed E-state index contributed by atoms with van der Waals surface area (Å²) in [5.74, 6) is -0.641. The van der Waals surface area contributed by atoms with Gasteiger partial charge in [-0.25, -0.2) is 0 Å². The van der Waals surface area contributed by atoms with E-state index < -0.39 is 5.97 Å². The predicted octanol–water partition coefficient (Wildman–Crippen LogP) is 1.84. The van der Waals surface area contributed by atoms with Crippen molar-refractivity contribution in [2.75, 3.05) is 36.9 Å². The molecule has 0 unspecified atom stereocenters. The number of amides is 1. The molecule has 2 aliphatic heterocycles. The Morgan fingerprint density at radius 3 is 2.81 bits per heavy atom. The molecule has 2 N–H and O–H groups in total. The Kier molecular flexibility index (Phi) is 4.53. The number of pyridine rings is 1. The van der Waals surface area contributed by atoms with Gasteiger partial charge in [-0.05, 0) is 35.7 Å². The van der Waals surface area contributed by atoms with Gasteiger partial charge in [-0.15, -0.1) is 0 Å². The first kappa shape index (κ1) is 17.5. The lowest BCUT2D eigenvalue weighted by Gasteiger charge is -2.39. The lowest BCUT2D eigenvalue weighted by atomic mass is 9.96. The number of hydrogen-bond donors (Lipinski definition) is 2. The number of aromatic nitrogens is 1. The molecule has 140 valence electrons. The maximum atomic E-state index is 11.8. The van der Waals surface area contributed by atoms with E-state index in [9.17, 15) is 9.59 Å². The Morgan fingerprint density at radius 1 is 1.22 bits per heavy atom.